The van der Waals surface area contributed by atoms with Crippen LogP contribution in [0, 0.1) is 0 Å². The number of hydrogen-bond acceptors (Lipinski definition) is 2. The van der Waals surface area contributed by atoms with Crippen LogP contribution in [0.5, 0.6) is 0 Å². The van der Waals surface area contributed by atoms with Crippen LogP contribution in [0.2, 0.25) is 5.02 Å². The summed E-state index contributed by atoms with van der Waals surface area (Å²) in [6.45, 7) is -12.7. The van der Waals surface area contributed by atoms with Gasteiger partial charge in [0.2, 0.25) is 0 Å². The van der Waals surface area contributed by atoms with Gasteiger partial charge in [-0.3, -0.25) is 0 Å². The molecule has 0 bridgehead atoms. The molecule has 1 N–H and O–H groups in total. The average molecular weight is 209 g/mol. The van der Waals surface area contributed by atoms with Crippen LogP contribution in [0.25, 0.3) is 0 Å². The van der Waals surface area contributed by atoms with Gasteiger partial charge in [0, 0.05) is 42.2 Å². The van der Waals surface area contributed by atoms with E-state index in [1.165, 1.54) is 0 Å². The maximum absolute atomic E-state index is 7.97. The molecular formula is C10H13ClN2. The largest absolute Gasteiger partial charge is 0.369 e. The normalized spacial score (nSPS) is 46.4. The van der Waals surface area contributed by atoms with Crippen molar-refractivity contribution in [3.8, 4) is 0 Å². The predicted octanol–water partition coefficient (Wildman–Crippen LogP) is 1.75. The molecule has 0 spiro atoms. The molecule has 2 nitrogen and oxygen atoms in total. The topological polar surface area (TPSA) is 15.3 Å². The Bertz CT molecular complexity index is 678. The Kier molecular flexibility index (Phi) is 0.748. The zero-order valence-electron chi connectivity index (χ0n) is 18.3. The van der Waals surface area contributed by atoms with Gasteiger partial charge < -0.3 is 10.2 Å². The summed E-state index contributed by atoms with van der Waals surface area (Å²) in [4.78, 5) is -0.0233. The first-order valence-corrected chi connectivity index (χ1v) is 3.74. The van der Waals surface area contributed by atoms with E-state index in [2.05, 4.69) is 0 Å². The molecule has 1 fully saturated rings. The van der Waals surface area contributed by atoms with Gasteiger partial charge in [0.05, 0.1) is 11.0 Å². The molecule has 3 heteroatoms. The van der Waals surface area contributed by atoms with Crippen LogP contribution in [0.3, 0.4) is 0 Å². The number of anilines is 1. The molecule has 1 aromatic carbocycles. The standard InChI is InChI=1S/C10H13ClN2/c11-9-2-1-3-10(8-9)13-6-4-12-5-7-13/h1-3,8,12H,4-7H2/i1D,2D,3D,4D2,5D2,6D2,7D2,8D. The fraction of sp³-hybridized carbons (Fsp3) is 0.400. The van der Waals surface area contributed by atoms with Gasteiger partial charge in [-0.25, -0.2) is 0 Å². The van der Waals surface area contributed by atoms with Gasteiger partial charge in [-0.15, -0.1) is 0 Å². The molecule has 0 atom stereocenters. The molecule has 0 aromatic heterocycles. The molecule has 13 heavy (non-hydrogen) atoms. The minimum Gasteiger partial charge on any atom is -0.369 e. The molecule has 0 amide bonds. The van der Waals surface area contributed by atoms with Crippen molar-refractivity contribution in [1.29, 1.82) is 0 Å². The summed E-state index contributed by atoms with van der Waals surface area (Å²) in [5, 5.41) is 0.977. The van der Waals surface area contributed by atoms with Crippen LogP contribution in [0.4, 0.5) is 5.69 Å². The van der Waals surface area contributed by atoms with Crippen molar-refractivity contribution in [3.63, 3.8) is 0 Å². The second kappa shape index (κ2) is 3.99. The number of piperazine rings is 1. The molecule has 0 radical (unpaired) electrons. The lowest BCUT2D eigenvalue weighted by atomic mass is 10.2. The van der Waals surface area contributed by atoms with Gasteiger partial charge >= 0.3 is 0 Å². The highest BCUT2D eigenvalue weighted by Crippen LogP contribution is 2.19. The third-order valence-corrected chi connectivity index (χ3v) is 1.45. The van der Waals surface area contributed by atoms with Crippen LogP contribution >= 0.6 is 11.6 Å². The van der Waals surface area contributed by atoms with E-state index in [0.29, 0.717) is 0 Å². The summed E-state index contributed by atoms with van der Waals surface area (Å²) in [5.41, 5.74) is -0.907. The molecule has 1 heterocycles. The van der Waals surface area contributed by atoms with E-state index in [-0.39, 0.29) is 4.90 Å². The number of hydrogen-bond donors (Lipinski definition) is 1. The van der Waals surface area contributed by atoms with Crippen LogP contribution in [-0.4, -0.2) is 26.0 Å². The SMILES string of the molecule is [2H]c1c([2H])c(Cl)c([2H])c(N2C([2H])([2H])C([2H])([2H])NC([2H])([2H])C2([2H])[2H])c1[2H]. The lowest BCUT2D eigenvalue weighted by Crippen LogP contribution is -2.43. The first-order chi connectivity index (χ1) is 11.0. The number of rotatable bonds is 1. The fourth-order valence-electron chi connectivity index (χ4n) is 0.762. The second-order valence-electron chi connectivity index (χ2n) is 2.10. The highest BCUT2D eigenvalue weighted by Gasteiger charge is 2.09. The summed E-state index contributed by atoms with van der Waals surface area (Å²) in [7, 11) is 0. The Morgan fingerprint density at radius 3 is 3.00 bits per heavy atom. The fourth-order valence-corrected chi connectivity index (χ4v) is 0.899. The summed E-state index contributed by atoms with van der Waals surface area (Å²) in [6, 6.07) is -3.31. The van der Waals surface area contributed by atoms with E-state index in [0.717, 1.165) is 0 Å². The molecule has 0 unspecified atom stereocenters. The highest BCUT2D eigenvalue weighted by atomic mass is 35.5. The number of nitrogens with one attached hydrogen (secondary N) is 1. The van der Waals surface area contributed by atoms with Gasteiger partial charge in [-0.1, -0.05) is 17.6 Å². The molecule has 1 aliphatic heterocycles. The Labute approximate surface area is 100 Å². The number of nitrogens with zero attached hydrogens (tertiary/aromatic N) is 1. The minimum absolute atomic E-state index is 0.0233. The summed E-state index contributed by atoms with van der Waals surface area (Å²) < 4.78 is 93.9. The van der Waals surface area contributed by atoms with Crippen molar-refractivity contribution in [3.05, 3.63) is 29.2 Å². The van der Waals surface area contributed by atoms with Crippen LogP contribution in [0.1, 0.15) is 16.4 Å². The van der Waals surface area contributed by atoms with E-state index < -0.39 is 60.9 Å². The van der Waals surface area contributed by atoms with Gasteiger partial charge in [-0.2, -0.15) is 0 Å². The molecule has 1 aromatic rings. The predicted molar refractivity (Wildman–Crippen MR) is 56.5 cm³/mol. The van der Waals surface area contributed by atoms with Crippen LogP contribution in [-0.2, 0) is 0 Å². The van der Waals surface area contributed by atoms with Crippen molar-refractivity contribution in [2.75, 3.05) is 30.9 Å². The van der Waals surface area contributed by atoms with E-state index in [4.69, 9.17) is 28.1 Å². The molecule has 1 saturated heterocycles. The molecule has 0 saturated carbocycles. The Morgan fingerprint density at radius 2 is 2.23 bits per heavy atom. The van der Waals surface area contributed by atoms with Gasteiger partial charge in [-0.05, 0) is 18.1 Å². The Balaban J connectivity index is 2.92. The lowest BCUT2D eigenvalue weighted by Gasteiger charge is -2.29. The third-order valence-electron chi connectivity index (χ3n) is 1.27. The summed E-state index contributed by atoms with van der Waals surface area (Å²) in [5.74, 6) is 0. The van der Waals surface area contributed by atoms with E-state index >= 15 is 0 Å². The third kappa shape index (κ3) is 2.14. The molecule has 1 aliphatic rings. The minimum atomic E-state index is -3.26. The number of benzene rings is 1. The van der Waals surface area contributed by atoms with E-state index in [1.807, 2.05) is 0 Å². The smallest absolute Gasteiger partial charge is 0.0660 e. The summed E-state index contributed by atoms with van der Waals surface area (Å²) in [6.07, 6.45) is 0. The molecular weight excluding hydrogens is 184 g/mol. The van der Waals surface area contributed by atoms with E-state index in [9.17, 15) is 0 Å². The van der Waals surface area contributed by atoms with Crippen molar-refractivity contribution in [2.45, 2.75) is 0 Å². The monoisotopic (exact) mass is 208 g/mol. The average Bonchev–Trinajstić information content (AvgIpc) is 2.44. The Morgan fingerprint density at radius 1 is 1.46 bits per heavy atom. The summed E-state index contributed by atoms with van der Waals surface area (Å²) >= 11 is 5.75. The molecule has 0 aliphatic carbocycles. The van der Waals surface area contributed by atoms with E-state index in [1.54, 1.807) is 5.32 Å². The van der Waals surface area contributed by atoms with Crippen LogP contribution < -0.4 is 10.2 Å². The zero-order valence-corrected chi connectivity index (χ0v) is 7.08. The maximum atomic E-state index is 7.97. The highest BCUT2D eigenvalue weighted by molar-refractivity contribution is 6.30. The van der Waals surface area contributed by atoms with Crippen molar-refractivity contribution < 1.29 is 16.4 Å². The first kappa shape index (κ1) is 2.44. The van der Waals surface area contributed by atoms with Gasteiger partial charge in [0.15, 0.2) is 0 Å². The molecule has 70 valence electrons. The zero-order chi connectivity index (χ0) is 19.7. The first-order valence-electron chi connectivity index (χ1n) is 9.36. The van der Waals surface area contributed by atoms with Crippen molar-refractivity contribution >= 4 is 17.3 Å². The maximum Gasteiger partial charge on any atom is 0.0660 e. The molecule has 2 rings (SSSR count). The Hall–Kier alpha value is -0.730. The lowest BCUT2D eigenvalue weighted by molar-refractivity contribution is 0.589. The van der Waals surface area contributed by atoms with Gasteiger partial charge in [0.1, 0.15) is 0 Å². The van der Waals surface area contributed by atoms with Crippen molar-refractivity contribution in [1.82, 2.24) is 5.32 Å². The second-order valence-corrected chi connectivity index (χ2v) is 2.47. The number of halogens is 1. The quantitative estimate of drug-likeness (QED) is 0.757. The van der Waals surface area contributed by atoms with Gasteiger partial charge in [0.25, 0.3) is 0 Å². The van der Waals surface area contributed by atoms with Crippen molar-refractivity contribution in [2.24, 2.45) is 0 Å². The van der Waals surface area contributed by atoms with Crippen LogP contribution in [0.15, 0.2) is 24.2 Å².